The summed E-state index contributed by atoms with van der Waals surface area (Å²) in [5, 5.41) is 3.73. The molecule has 3 aromatic heterocycles. The van der Waals surface area contributed by atoms with Crippen molar-refractivity contribution < 1.29 is 14.4 Å². The van der Waals surface area contributed by atoms with Gasteiger partial charge in [0.2, 0.25) is 11.8 Å². The van der Waals surface area contributed by atoms with Crippen LogP contribution >= 0.6 is 15.9 Å². The summed E-state index contributed by atoms with van der Waals surface area (Å²) in [6.45, 7) is 9.36. The fourth-order valence-corrected chi connectivity index (χ4v) is 6.36. The molecule has 4 aromatic rings. The summed E-state index contributed by atoms with van der Waals surface area (Å²) in [5.41, 5.74) is 4.83. The molecule has 3 atom stereocenters. The number of fused-ring (bicyclic) bond motifs is 2. The number of carbonyl (C=O) groups is 3. The van der Waals surface area contributed by atoms with E-state index in [4.69, 9.17) is 0 Å². The second kappa shape index (κ2) is 9.87. The maximum absolute atomic E-state index is 13.9. The number of piperidine rings is 1. The summed E-state index contributed by atoms with van der Waals surface area (Å²) in [5.74, 6) is 0.712. The van der Waals surface area contributed by atoms with Crippen LogP contribution < -0.4 is 5.32 Å². The minimum atomic E-state index is -0.588. The number of amides is 2. The smallest absolute Gasteiger partial charge is 0.248 e. The maximum atomic E-state index is 13.9. The van der Waals surface area contributed by atoms with Gasteiger partial charge in [0.05, 0.1) is 0 Å². The number of aryl methyl sites for hydroxylation is 3. The van der Waals surface area contributed by atoms with Gasteiger partial charge in [-0.25, -0.2) is 15.0 Å². The van der Waals surface area contributed by atoms with E-state index in [1.54, 1.807) is 23.5 Å². The van der Waals surface area contributed by atoms with E-state index >= 15 is 0 Å². The van der Waals surface area contributed by atoms with Gasteiger partial charge in [-0.05, 0) is 90.7 Å². The van der Waals surface area contributed by atoms with E-state index < -0.39 is 6.04 Å². The molecule has 0 spiro atoms. The Kier molecular flexibility index (Phi) is 6.56. The van der Waals surface area contributed by atoms with Gasteiger partial charge in [0.1, 0.15) is 28.8 Å². The Labute approximate surface area is 246 Å². The van der Waals surface area contributed by atoms with Crippen LogP contribution in [0.15, 0.2) is 47.5 Å². The van der Waals surface area contributed by atoms with Crippen LogP contribution in [-0.2, 0) is 16.1 Å². The van der Waals surface area contributed by atoms with Gasteiger partial charge in [-0.2, -0.15) is 0 Å². The number of hydrogen-bond acceptors (Lipinski definition) is 6. The standard InChI is InChI=1S/C31H31BrN6O3/c1-16-8-17(2)29(35-28(16)32)36-30(41)25-10-31(5)11-26(31)38(25)27(40)15-37-14-23(18(3)39)22-9-20(6-7-24(22)37)21-12-33-19(4)34-13-21/h6-9,12-14,25-26H,10-11,15H2,1-5H3,(H,35,36,41)/t25-,26+,31-/m0/s1. The number of pyridine rings is 1. The third-order valence-corrected chi connectivity index (χ3v) is 9.29. The fraction of sp³-hybridized carbons (Fsp3) is 0.355. The minimum absolute atomic E-state index is 0.0202. The van der Waals surface area contributed by atoms with Gasteiger partial charge in [0.25, 0.3) is 0 Å². The number of nitrogens with zero attached hydrogens (tertiary/aromatic N) is 5. The zero-order valence-corrected chi connectivity index (χ0v) is 25.2. The fourth-order valence-electron chi connectivity index (χ4n) is 6.07. The average Bonchev–Trinajstić information content (AvgIpc) is 3.29. The molecule has 9 nitrogen and oxygen atoms in total. The Bertz CT molecular complexity index is 1750. The van der Waals surface area contributed by atoms with Crippen molar-refractivity contribution in [2.24, 2.45) is 5.41 Å². The van der Waals surface area contributed by atoms with Crippen LogP contribution in [0, 0.1) is 26.2 Å². The number of aromatic nitrogens is 4. The Morgan fingerprint density at radius 3 is 2.49 bits per heavy atom. The summed E-state index contributed by atoms with van der Waals surface area (Å²) in [6, 6.07) is 7.20. The van der Waals surface area contributed by atoms with Crippen molar-refractivity contribution in [3.05, 3.63) is 70.0 Å². The molecular formula is C31H31BrN6O3. The molecular weight excluding hydrogens is 584 g/mol. The van der Waals surface area contributed by atoms with Crippen molar-refractivity contribution in [3.63, 3.8) is 0 Å². The molecule has 1 aliphatic carbocycles. The molecule has 1 aromatic carbocycles. The van der Waals surface area contributed by atoms with Gasteiger partial charge in [-0.1, -0.05) is 19.1 Å². The predicted molar refractivity (Wildman–Crippen MR) is 160 cm³/mol. The predicted octanol–water partition coefficient (Wildman–Crippen LogP) is 5.40. The highest BCUT2D eigenvalue weighted by Crippen LogP contribution is 2.59. The van der Waals surface area contributed by atoms with Crippen molar-refractivity contribution in [1.29, 1.82) is 0 Å². The molecule has 41 heavy (non-hydrogen) atoms. The lowest BCUT2D eigenvalue weighted by atomic mass is 10.0. The summed E-state index contributed by atoms with van der Waals surface area (Å²) in [7, 11) is 0. The molecule has 1 saturated carbocycles. The normalized spacial score (nSPS) is 21.2. The largest absolute Gasteiger partial charge is 0.337 e. The lowest BCUT2D eigenvalue weighted by molar-refractivity contribution is -0.138. The first-order chi connectivity index (χ1) is 19.4. The second-order valence-electron chi connectivity index (χ2n) is 11.6. The lowest BCUT2D eigenvalue weighted by Crippen LogP contribution is -2.46. The van der Waals surface area contributed by atoms with E-state index in [9.17, 15) is 14.4 Å². The van der Waals surface area contributed by atoms with Crippen molar-refractivity contribution in [2.75, 3.05) is 5.32 Å². The number of nitrogens with one attached hydrogen (secondary N) is 1. The molecule has 2 amide bonds. The van der Waals surface area contributed by atoms with E-state index in [2.05, 4.69) is 43.1 Å². The van der Waals surface area contributed by atoms with Crippen molar-refractivity contribution in [3.8, 4) is 11.1 Å². The topological polar surface area (TPSA) is 110 Å². The van der Waals surface area contributed by atoms with Crippen LogP contribution in [0.4, 0.5) is 5.82 Å². The van der Waals surface area contributed by atoms with Crippen LogP contribution in [0.3, 0.4) is 0 Å². The zero-order chi connectivity index (χ0) is 29.2. The lowest BCUT2D eigenvalue weighted by Gasteiger charge is -2.27. The summed E-state index contributed by atoms with van der Waals surface area (Å²) < 4.78 is 2.49. The SMILES string of the molecule is CC(=O)c1cn(CC(=O)N2[C@H](C(=O)Nc3nc(Br)c(C)cc3C)C[C@@]3(C)C[C@@H]23)c2ccc(-c3cnc(C)nc3)cc12. The highest BCUT2D eigenvalue weighted by molar-refractivity contribution is 9.10. The minimum Gasteiger partial charge on any atom is -0.337 e. The molecule has 1 saturated heterocycles. The van der Waals surface area contributed by atoms with Crippen molar-refractivity contribution in [2.45, 2.75) is 66.1 Å². The molecule has 210 valence electrons. The first-order valence-corrected chi connectivity index (χ1v) is 14.4. The number of likely N-dealkylation sites (tertiary alicyclic amines) is 1. The highest BCUT2D eigenvalue weighted by Gasteiger charge is 2.64. The van der Waals surface area contributed by atoms with E-state index in [1.165, 1.54) is 6.92 Å². The molecule has 0 radical (unpaired) electrons. The Morgan fingerprint density at radius 1 is 1.05 bits per heavy atom. The number of hydrogen-bond donors (Lipinski definition) is 1. The Hall–Kier alpha value is -3.92. The monoisotopic (exact) mass is 614 g/mol. The van der Waals surface area contributed by atoms with E-state index in [-0.39, 0.29) is 35.6 Å². The van der Waals surface area contributed by atoms with Gasteiger partial charge in [0.15, 0.2) is 5.78 Å². The first kappa shape index (κ1) is 27.3. The zero-order valence-electron chi connectivity index (χ0n) is 23.7. The molecule has 0 unspecified atom stereocenters. The number of rotatable bonds is 6. The number of carbonyl (C=O) groups excluding carboxylic acids is 3. The van der Waals surface area contributed by atoms with E-state index in [0.717, 1.165) is 39.6 Å². The number of Topliss-reactive ketones (excluding diaryl/α,β-unsaturated/α-hetero) is 1. The summed E-state index contributed by atoms with van der Waals surface area (Å²) >= 11 is 3.44. The number of benzene rings is 1. The van der Waals surface area contributed by atoms with Crippen LogP contribution in [0.25, 0.3) is 22.0 Å². The molecule has 10 heteroatoms. The molecule has 2 aliphatic rings. The van der Waals surface area contributed by atoms with Gasteiger partial charge in [-0.15, -0.1) is 0 Å². The summed E-state index contributed by atoms with van der Waals surface area (Å²) in [4.78, 5) is 54.8. The van der Waals surface area contributed by atoms with E-state index in [1.807, 2.05) is 49.6 Å². The third-order valence-electron chi connectivity index (χ3n) is 8.49. The van der Waals surface area contributed by atoms with E-state index in [0.29, 0.717) is 28.2 Å². The van der Waals surface area contributed by atoms with Crippen LogP contribution in [0.2, 0.25) is 0 Å². The van der Waals surface area contributed by atoms with Gasteiger partial charge < -0.3 is 14.8 Å². The quantitative estimate of drug-likeness (QED) is 0.230. The third kappa shape index (κ3) is 4.84. The molecule has 4 heterocycles. The first-order valence-electron chi connectivity index (χ1n) is 13.6. The van der Waals surface area contributed by atoms with Crippen LogP contribution in [-0.4, -0.2) is 54.1 Å². The molecule has 1 aliphatic heterocycles. The van der Waals surface area contributed by atoms with Crippen LogP contribution in [0.5, 0.6) is 0 Å². The Balaban J connectivity index is 1.28. The van der Waals surface area contributed by atoms with Gasteiger partial charge in [0, 0.05) is 46.7 Å². The highest BCUT2D eigenvalue weighted by atomic mass is 79.9. The molecule has 6 rings (SSSR count). The molecule has 1 N–H and O–H groups in total. The van der Waals surface area contributed by atoms with Crippen molar-refractivity contribution >= 4 is 50.2 Å². The number of ketones is 1. The number of halogens is 1. The average molecular weight is 616 g/mol. The number of anilines is 1. The maximum Gasteiger partial charge on any atom is 0.248 e. The molecule has 2 fully saturated rings. The van der Waals surface area contributed by atoms with Crippen LogP contribution in [0.1, 0.15) is 54.0 Å². The summed E-state index contributed by atoms with van der Waals surface area (Å²) in [6.07, 6.45) is 6.75. The Morgan fingerprint density at radius 2 is 1.78 bits per heavy atom. The van der Waals surface area contributed by atoms with Crippen molar-refractivity contribution in [1.82, 2.24) is 24.4 Å². The second-order valence-corrected chi connectivity index (χ2v) is 12.4. The van der Waals surface area contributed by atoms with Gasteiger partial charge >= 0.3 is 0 Å². The van der Waals surface area contributed by atoms with Gasteiger partial charge in [-0.3, -0.25) is 14.4 Å². The molecule has 0 bridgehead atoms.